The standard InChI is InChI=1S/C35H20N6S/c1-2-10-31-22(7-1)23-11-12-25-24-13-14-28-32(39-18-17-38-28)34(24)42-35(25)33(23)41(31)21-19-29(26-8-3-5-15-36-26)40-30(20-21)27-9-4-6-16-37-27/h1-20H. The fourth-order valence-corrected chi connectivity index (χ4v) is 7.31. The number of hydrogen-bond acceptors (Lipinski definition) is 6. The molecule has 0 saturated heterocycles. The van der Waals surface area contributed by atoms with Gasteiger partial charge in [0.25, 0.3) is 0 Å². The molecule has 3 aromatic carbocycles. The van der Waals surface area contributed by atoms with Crippen LogP contribution in [0.5, 0.6) is 0 Å². The summed E-state index contributed by atoms with van der Waals surface area (Å²) in [6, 6.07) is 33.4. The number of rotatable bonds is 3. The molecule has 0 fully saturated rings. The molecule has 0 aliphatic rings. The first kappa shape index (κ1) is 23.2. The number of nitrogens with zero attached hydrogens (tertiary/aromatic N) is 6. The van der Waals surface area contributed by atoms with E-state index >= 15 is 0 Å². The number of para-hydroxylation sites is 1. The Morgan fingerprint density at radius 2 is 1.17 bits per heavy atom. The summed E-state index contributed by atoms with van der Waals surface area (Å²) in [5.74, 6) is 0. The summed E-state index contributed by atoms with van der Waals surface area (Å²) in [4.78, 5) is 23.6. The van der Waals surface area contributed by atoms with Crippen LogP contribution < -0.4 is 0 Å². The van der Waals surface area contributed by atoms with E-state index in [0.717, 1.165) is 55.2 Å². The number of pyridine rings is 3. The van der Waals surface area contributed by atoms with E-state index in [1.165, 1.54) is 26.2 Å². The summed E-state index contributed by atoms with van der Waals surface area (Å²) < 4.78 is 4.74. The molecule has 0 saturated carbocycles. The molecule has 0 radical (unpaired) electrons. The molecule has 9 aromatic rings. The Labute approximate surface area is 243 Å². The number of hydrogen-bond donors (Lipinski definition) is 0. The molecule has 42 heavy (non-hydrogen) atoms. The molecule has 6 heterocycles. The van der Waals surface area contributed by atoms with E-state index in [2.05, 4.69) is 80.2 Å². The Hall–Kier alpha value is -5.53. The summed E-state index contributed by atoms with van der Waals surface area (Å²) in [5.41, 5.74) is 8.36. The third kappa shape index (κ3) is 3.41. The summed E-state index contributed by atoms with van der Waals surface area (Å²) in [5, 5.41) is 4.81. The van der Waals surface area contributed by atoms with Gasteiger partial charge in [-0.2, -0.15) is 0 Å². The second kappa shape index (κ2) is 8.99. The average Bonchev–Trinajstić information content (AvgIpc) is 3.62. The first-order valence-electron chi connectivity index (χ1n) is 13.7. The lowest BCUT2D eigenvalue weighted by atomic mass is 10.1. The first-order chi connectivity index (χ1) is 20.8. The van der Waals surface area contributed by atoms with Gasteiger partial charge in [-0.3, -0.25) is 19.9 Å². The van der Waals surface area contributed by atoms with Gasteiger partial charge in [-0.05, 0) is 48.5 Å². The van der Waals surface area contributed by atoms with Crippen LogP contribution in [0, 0.1) is 0 Å². The highest BCUT2D eigenvalue weighted by atomic mass is 32.1. The van der Waals surface area contributed by atoms with Gasteiger partial charge in [0.15, 0.2) is 0 Å². The molecule has 0 aliphatic carbocycles. The Kier molecular flexibility index (Phi) is 4.97. The molecule has 0 unspecified atom stereocenters. The molecule has 9 rings (SSSR count). The van der Waals surface area contributed by atoms with Gasteiger partial charge in [0.1, 0.15) is 5.52 Å². The van der Waals surface area contributed by atoms with Crippen LogP contribution in [0.25, 0.3) is 81.5 Å². The summed E-state index contributed by atoms with van der Waals surface area (Å²) in [7, 11) is 0. The lowest BCUT2D eigenvalue weighted by molar-refractivity contribution is 1.15. The van der Waals surface area contributed by atoms with E-state index in [0.29, 0.717) is 0 Å². The van der Waals surface area contributed by atoms with Crippen molar-refractivity contribution in [1.29, 1.82) is 0 Å². The molecule has 6 nitrogen and oxygen atoms in total. The molecule has 0 atom stereocenters. The second-order valence-electron chi connectivity index (χ2n) is 10.2. The molecule has 6 aromatic heterocycles. The van der Waals surface area contributed by atoms with Crippen LogP contribution in [0.15, 0.2) is 122 Å². The highest BCUT2D eigenvalue weighted by molar-refractivity contribution is 7.27. The predicted molar refractivity (Wildman–Crippen MR) is 171 cm³/mol. The highest BCUT2D eigenvalue weighted by Crippen LogP contribution is 2.44. The van der Waals surface area contributed by atoms with Crippen molar-refractivity contribution in [3.05, 3.63) is 122 Å². The van der Waals surface area contributed by atoms with Crippen LogP contribution >= 0.6 is 11.3 Å². The molecule has 0 amide bonds. The van der Waals surface area contributed by atoms with E-state index in [-0.39, 0.29) is 0 Å². The van der Waals surface area contributed by atoms with Gasteiger partial charge in [-0.15, -0.1) is 11.3 Å². The number of fused-ring (bicyclic) bond motifs is 9. The third-order valence-corrected chi connectivity index (χ3v) is 9.04. The zero-order valence-electron chi connectivity index (χ0n) is 22.1. The smallest absolute Gasteiger partial charge is 0.106 e. The molecule has 0 N–H and O–H groups in total. The molecule has 0 aliphatic heterocycles. The largest absolute Gasteiger partial charge is 0.308 e. The van der Waals surface area contributed by atoms with Crippen LogP contribution in [0.3, 0.4) is 0 Å². The fraction of sp³-hybridized carbons (Fsp3) is 0. The molecular formula is C35H20N6S. The Bertz CT molecular complexity index is 2410. The zero-order chi connectivity index (χ0) is 27.6. The van der Waals surface area contributed by atoms with Gasteiger partial charge >= 0.3 is 0 Å². The van der Waals surface area contributed by atoms with Crippen LogP contribution in [-0.2, 0) is 0 Å². The normalized spacial score (nSPS) is 11.8. The second-order valence-corrected chi connectivity index (χ2v) is 11.2. The molecule has 0 bridgehead atoms. The Morgan fingerprint density at radius 1 is 0.500 bits per heavy atom. The molecule has 0 spiro atoms. The van der Waals surface area contributed by atoms with E-state index in [1.54, 1.807) is 36.1 Å². The topological polar surface area (TPSA) is 69.4 Å². The maximum Gasteiger partial charge on any atom is 0.106 e. The maximum atomic E-state index is 5.02. The van der Waals surface area contributed by atoms with Gasteiger partial charge in [-0.1, -0.05) is 48.5 Å². The SMILES string of the molecule is c1ccc(-c2cc(-n3c4ccccc4c4ccc5c6ccc7nccnc7c6sc5c43)cc(-c3ccccn3)n2)nc1. The van der Waals surface area contributed by atoms with Gasteiger partial charge in [0.2, 0.25) is 0 Å². The van der Waals surface area contributed by atoms with E-state index in [9.17, 15) is 0 Å². The van der Waals surface area contributed by atoms with Gasteiger partial charge < -0.3 is 4.57 Å². The summed E-state index contributed by atoms with van der Waals surface area (Å²) >= 11 is 1.78. The van der Waals surface area contributed by atoms with Crippen molar-refractivity contribution in [2.45, 2.75) is 0 Å². The third-order valence-electron chi connectivity index (χ3n) is 7.80. The monoisotopic (exact) mass is 556 g/mol. The predicted octanol–water partition coefficient (Wildman–Crippen LogP) is 8.61. The van der Waals surface area contributed by atoms with E-state index in [1.807, 2.05) is 36.4 Å². The fourth-order valence-electron chi connectivity index (χ4n) is 5.98. The van der Waals surface area contributed by atoms with Crippen LogP contribution in [0.1, 0.15) is 0 Å². The van der Waals surface area contributed by atoms with E-state index in [4.69, 9.17) is 9.97 Å². The maximum absolute atomic E-state index is 5.02. The summed E-state index contributed by atoms with van der Waals surface area (Å²) in [6.07, 6.45) is 7.13. The van der Waals surface area contributed by atoms with Crippen molar-refractivity contribution in [2.24, 2.45) is 0 Å². The van der Waals surface area contributed by atoms with Gasteiger partial charge in [0.05, 0.1) is 54.4 Å². The van der Waals surface area contributed by atoms with Crippen LogP contribution in [0.2, 0.25) is 0 Å². The zero-order valence-corrected chi connectivity index (χ0v) is 23.0. The Morgan fingerprint density at radius 3 is 1.93 bits per heavy atom. The highest BCUT2D eigenvalue weighted by Gasteiger charge is 2.20. The number of benzene rings is 3. The van der Waals surface area contributed by atoms with Gasteiger partial charge in [-0.25, -0.2) is 4.98 Å². The first-order valence-corrected chi connectivity index (χ1v) is 14.5. The minimum absolute atomic E-state index is 0.796. The van der Waals surface area contributed by atoms with Crippen molar-refractivity contribution in [1.82, 2.24) is 29.5 Å². The van der Waals surface area contributed by atoms with Crippen molar-refractivity contribution < 1.29 is 0 Å². The Balaban J connectivity index is 1.44. The van der Waals surface area contributed by atoms with E-state index < -0.39 is 0 Å². The summed E-state index contributed by atoms with van der Waals surface area (Å²) in [6.45, 7) is 0. The number of thiophene rings is 1. The van der Waals surface area contributed by atoms with Crippen molar-refractivity contribution in [3.8, 4) is 28.5 Å². The molecule has 196 valence electrons. The average molecular weight is 557 g/mol. The van der Waals surface area contributed by atoms with Crippen molar-refractivity contribution >= 4 is 64.3 Å². The minimum atomic E-state index is 0.796. The lowest BCUT2D eigenvalue weighted by Gasteiger charge is -2.13. The van der Waals surface area contributed by atoms with Gasteiger partial charge in [0, 0.05) is 46.3 Å². The lowest BCUT2D eigenvalue weighted by Crippen LogP contribution is -1.99. The van der Waals surface area contributed by atoms with Crippen molar-refractivity contribution in [2.75, 3.05) is 0 Å². The van der Waals surface area contributed by atoms with Crippen LogP contribution in [0.4, 0.5) is 0 Å². The number of aromatic nitrogens is 6. The minimum Gasteiger partial charge on any atom is -0.308 e. The molecular weight excluding hydrogens is 536 g/mol. The van der Waals surface area contributed by atoms with Crippen molar-refractivity contribution in [3.63, 3.8) is 0 Å². The quantitative estimate of drug-likeness (QED) is 0.218. The van der Waals surface area contributed by atoms with Crippen LogP contribution in [-0.4, -0.2) is 29.5 Å². The molecule has 7 heteroatoms.